The molecule has 0 atom stereocenters. The van der Waals surface area contributed by atoms with E-state index in [0.717, 1.165) is 16.1 Å². The van der Waals surface area contributed by atoms with Crippen molar-refractivity contribution in [1.29, 1.82) is 5.26 Å². The predicted octanol–water partition coefficient (Wildman–Crippen LogP) is 5.10. The van der Waals surface area contributed by atoms with E-state index in [4.69, 9.17) is 0 Å². The second-order valence-corrected chi connectivity index (χ2v) is 6.74. The number of nitrogens with zero attached hydrogens (tertiary/aromatic N) is 2. The number of rotatable bonds is 3. The van der Waals surface area contributed by atoms with Crippen LogP contribution in [-0.2, 0) is 0 Å². The molecule has 4 rings (SSSR count). The molecule has 0 spiro atoms. The molecule has 0 bridgehead atoms. The standard InChI is InChI=1S/C22H14N2OS/c23-14-16-7-4-5-10-19(16)20-13-17(21-11-6-12-26-21)15-24(22(20)25)18-8-2-1-3-9-18/h1-13,15H. The van der Waals surface area contributed by atoms with E-state index in [1.807, 2.05) is 72.2 Å². The molecule has 3 nitrogen and oxygen atoms in total. The minimum atomic E-state index is -0.140. The highest BCUT2D eigenvalue weighted by atomic mass is 32.1. The van der Waals surface area contributed by atoms with Crippen LogP contribution < -0.4 is 5.56 Å². The Balaban J connectivity index is 2.04. The van der Waals surface area contributed by atoms with Gasteiger partial charge in [-0.1, -0.05) is 42.5 Å². The molecule has 4 aromatic rings. The first-order valence-corrected chi connectivity index (χ1v) is 9.01. The molecule has 124 valence electrons. The quantitative estimate of drug-likeness (QED) is 0.513. The van der Waals surface area contributed by atoms with E-state index in [1.54, 1.807) is 28.0 Å². The summed E-state index contributed by atoms with van der Waals surface area (Å²) >= 11 is 1.62. The van der Waals surface area contributed by atoms with Crippen LogP contribution in [-0.4, -0.2) is 4.57 Å². The Morgan fingerprint density at radius 1 is 0.885 bits per heavy atom. The molecule has 0 unspecified atom stereocenters. The largest absolute Gasteiger partial charge is 0.283 e. The topological polar surface area (TPSA) is 45.8 Å². The molecule has 0 aliphatic carbocycles. The summed E-state index contributed by atoms with van der Waals surface area (Å²) in [6.07, 6.45) is 1.86. The fourth-order valence-electron chi connectivity index (χ4n) is 2.95. The number of hydrogen-bond acceptors (Lipinski definition) is 3. The van der Waals surface area contributed by atoms with Crippen molar-refractivity contribution in [3.63, 3.8) is 0 Å². The summed E-state index contributed by atoms with van der Waals surface area (Å²) in [5.74, 6) is 0. The van der Waals surface area contributed by atoms with Crippen LogP contribution in [0, 0.1) is 11.3 Å². The maximum absolute atomic E-state index is 13.2. The molecule has 0 fully saturated rings. The Bertz CT molecular complexity index is 1150. The van der Waals surface area contributed by atoms with Gasteiger partial charge in [0.2, 0.25) is 0 Å². The van der Waals surface area contributed by atoms with Crippen LogP contribution in [0.2, 0.25) is 0 Å². The molecule has 0 saturated heterocycles. The molecule has 0 amide bonds. The number of aromatic nitrogens is 1. The van der Waals surface area contributed by atoms with Crippen molar-refractivity contribution in [2.24, 2.45) is 0 Å². The number of benzene rings is 2. The van der Waals surface area contributed by atoms with Crippen molar-refractivity contribution in [3.8, 4) is 33.3 Å². The second kappa shape index (κ2) is 6.83. The molecule has 0 aliphatic rings. The Kier molecular flexibility index (Phi) is 4.22. The van der Waals surface area contributed by atoms with Crippen LogP contribution in [0.1, 0.15) is 5.56 Å². The van der Waals surface area contributed by atoms with E-state index in [0.29, 0.717) is 16.7 Å². The first-order chi connectivity index (χ1) is 12.8. The fourth-order valence-corrected chi connectivity index (χ4v) is 3.66. The van der Waals surface area contributed by atoms with E-state index in [-0.39, 0.29) is 5.56 Å². The molecule has 4 heteroatoms. The number of pyridine rings is 1. The highest BCUT2D eigenvalue weighted by molar-refractivity contribution is 7.13. The lowest BCUT2D eigenvalue weighted by Gasteiger charge is -2.12. The predicted molar refractivity (Wildman–Crippen MR) is 106 cm³/mol. The Morgan fingerprint density at radius 2 is 1.65 bits per heavy atom. The third kappa shape index (κ3) is 2.85. The SMILES string of the molecule is N#Cc1ccccc1-c1cc(-c2cccs2)cn(-c2ccccc2)c1=O. The van der Waals surface area contributed by atoms with Gasteiger partial charge in [0.25, 0.3) is 5.56 Å². The van der Waals surface area contributed by atoms with E-state index >= 15 is 0 Å². The second-order valence-electron chi connectivity index (χ2n) is 5.79. The molecular formula is C22H14N2OS. The zero-order chi connectivity index (χ0) is 17.9. The molecule has 0 radical (unpaired) electrons. The van der Waals surface area contributed by atoms with E-state index < -0.39 is 0 Å². The Morgan fingerprint density at radius 3 is 2.38 bits per heavy atom. The van der Waals surface area contributed by atoms with Crippen LogP contribution in [0.5, 0.6) is 0 Å². The number of nitriles is 1. The van der Waals surface area contributed by atoms with Gasteiger partial charge in [-0.25, -0.2) is 0 Å². The van der Waals surface area contributed by atoms with Crippen LogP contribution in [0.4, 0.5) is 0 Å². The van der Waals surface area contributed by atoms with Gasteiger partial charge < -0.3 is 0 Å². The lowest BCUT2D eigenvalue weighted by molar-refractivity contribution is 0.996. The van der Waals surface area contributed by atoms with Crippen molar-refractivity contribution >= 4 is 11.3 Å². The van der Waals surface area contributed by atoms with Gasteiger partial charge in [0.15, 0.2) is 0 Å². The summed E-state index contributed by atoms with van der Waals surface area (Å²) in [4.78, 5) is 14.3. The summed E-state index contributed by atoms with van der Waals surface area (Å²) in [6, 6.07) is 24.8. The average molecular weight is 354 g/mol. The van der Waals surface area contributed by atoms with Crippen LogP contribution in [0.3, 0.4) is 0 Å². The average Bonchev–Trinajstić information content (AvgIpc) is 3.24. The molecule has 0 aliphatic heterocycles. The van der Waals surface area contributed by atoms with Crippen molar-refractivity contribution in [2.45, 2.75) is 0 Å². The zero-order valence-electron chi connectivity index (χ0n) is 13.8. The van der Waals surface area contributed by atoms with Crippen LogP contribution in [0.15, 0.2) is 89.2 Å². The summed E-state index contributed by atoms with van der Waals surface area (Å²) in [5, 5.41) is 11.5. The molecule has 0 N–H and O–H groups in total. The molecule has 2 heterocycles. The van der Waals surface area contributed by atoms with Crippen molar-refractivity contribution in [1.82, 2.24) is 4.57 Å². The minimum Gasteiger partial charge on any atom is -0.283 e. The number of hydrogen-bond donors (Lipinski definition) is 0. The van der Waals surface area contributed by atoms with Gasteiger partial charge in [-0.05, 0) is 35.7 Å². The zero-order valence-corrected chi connectivity index (χ0v) is 14.6. The van der Waals surface area contributed by atoms with E-state index in [9.17, 15) is 10.1 Å². The van der Waals surface area contributed by atoms with Crippen molar-refractivity contribution in [3.05, 3.63) is 100 Å². The fraction of sp³-hybridized carbons (Fsp3) is 0. The molecule has 2 aromatic carbocycles. The summed E-state index contributed by atoms with van der Waals surface area (Å²) in [5.41, 5.74) is 3.28. The summed E-state index contributed by atoms with van der Waals surface area (Å²) < 4.78 is 1.65. The van der Waals surface area contributed by atoms with Gasteiger partial charge in [0.05, 0.1) is 11.6 Å². The first-order valence-electron chi connectivity index (χ1n) is 8.13. The molecule has 26 heavy (non-hydrogen) atoms. The lowest BCUT2D eigenvalue weighted by Crippen LogP contribution is -2.20. The summed E-state index contributed by atoms with van der Waals surface area (Å²) in [6.45, 7) is 0. The Labute approximate surface area is 155 Å². The third-order valence-electron chi connectivity index (χ3n) is 4.19. The van der Waals surface area contributed by atoms with Crippen molar-refractivity contribution < 1.29 is 0 Å². The molecule has 2 aromatic heterocycles. The minimum absolute atomic E-state index is 0.140. The number of thiophene rings is 1. The normalized spacial score (nSPS) is 10.4. The van der Waals surface area contributed by atoms with Gasteiger partial charge in [-0.3, -0.25) is 9.36 Å². The van der Waals surface area contributed by atoms with E-state index in [1.165, 1.54) is 0 Å². The smallest absolute Gasteiger partial charge is 0.263 e. The number of para-hydroxylation sites is 1. The highest BCUT2D eigenvalue weighted by Gasteiger charge is 2.14. The summed E-state index contributed by atoms with van der Waals surface area (Å²) in [7, 11) is 0. The first kappa shape index (κ1) is 16.1. The van der Waals surface area contributed by atoms with Gasteiger partial charge >= 0.3 is 0 Å². The lowest BCUT2D eigenvalue weighted by atomic mass is 10.00. The maximum atomic E-state index is 13.2. The van der Waals surface area contributed by atoms with Crippen molar-refractivity contribution in [2.75, 3.05) is 0 Å². The Hall–Kier alpha value is -3.42. The third-order valence-corrected chi connectivity index (χ3v) is 5.11. The van der Waals surface area contributed by atoms with Gasteiger partial charge in [0.1, 0.15) is 0 Å². The van der Waals surface area contributed by atoms with E-state index in [2.05, 4.69) is 6.07 Å². The highest BCUT2D eigenvalue weighted by Crippen LogP contribution is 2.29. The van der Waals surface area contributed by atoms with Crippen LogP contribution >= 0.6 is 11.3 Å². The van der Waals surface area contributed by atoms with Crippen LogP contribution in [0.25, 0.3) is 27.3 Å². The van der Waals surface area contributed by atoms with Gasteiger partial charge in [-0.15, -0.1) is 11.3 Å². The van der Waals surface area contributed by atoms with Gasteiger partial charge in [-0.2, -0.15) is 5.26 Å². The van der Waals surface area contributed by atoms with Gasteiger partial charge in [0, 0.05) is 33.5 Å². The molecule has 0 saturated carbocycles. The molecular weight excluding hydrogens is 340 g/mol. The maximum Gasteiger partial charge on any atom is 0.263 e. The monoisotopic (exact) mass is 354 g/mol.